The molecule has 0 unspecified atom stereocenters. The van der Waals surface area contributed by atoms with Crippen LogP contribution in [0.1, 0.15) is 30.1 Å². The number of likely N-dealkylation sites (tertiary alicyclic amines) is 1. The van der Waals surface area contributed by atoms with Crippen LogP contribution in [0, 0.1) is 0 Å². The fourth-order valence-corrected chi connectivity index (χ4v) is 2.05. The number of hydrogen-bond acceptors (Lipinski definition) is 3. The highest BCUT2D eigenvalue weighted by Gasteiger charge is 2.24. The van der Waals surface area contributed by atoms with Crippen LogP contribution in [0.25, 0.3) is 0 Å². The first-order chi connectivity index (χ1) is 8.68. The predicted molar refractivity (Wildman–Crippen MR) is 67.0 cm³/mol. The molecule has 0 spiro atoms. The summed E-state index contributed by atoms with van der Waals surface area (Å²) in [7, 11) is 0. The van der Waals surface area contributed by atoms with Gasteiger partial charge in [0.2, 0.25) is 5.91 Å². The van der Waals surface area contributed by atoms with Gasteiger partial charge < -0.3 is 10.2 Å². The molecule has 2 rings (SSSR count). The standard InChI is InChI=1S/C13H17N3O2/c1-10(13(18)16-7-2-3-8-16)15-12(17)11-5-4-6-14-9-11/h4-6,9-10H,2-3,7-8H2,1H3,(H,15,17)/t10-/m1/s1. The van der Waals surface area contributed by atoms with E-state index in [0.29, 0.717) is 5.56 Å². The van der Waals surface area contributed by atoms with E-state index in [-0.39, 0.29) is 11.8 Å². The van der Waals surface area contributed by atoms with Gasteiger partial charge in [-0.2, -0.15) is 0 Å². The summed E-state index contributed by atoms with van der Waals surface area (Å²) >= 11 is 0. The van der Waals surface area contributed by atoms with Crippen molar-refractivity contribution in [1.82, 2.24) is 15.2 Å². The molecule has 0 aromatic carbocycles. The van der Waals surface area contributed by atoms with Gasteiger partial charge in [-0.15, -0.1) is 0 Å². The van der Waals surface area contributed by atoms with Gasteiger partial charge in [0, 0.05) is 25.5 Å². The molecular formula is C13H17N3O2. The number of carbonyl (C=O) groups excluding carboxylic acids is 2. The number of pyridine rings is 1. The van der Waals surface area contributed by atoms with Crippen molar-refractivity contribution in [3.8, 4) is 0 Å². The number of rotatable bonds is 3. The van der Waals surface area contributed by atoms with Crippen LogP contribution in [0.5, 0.6) is 0 Å². The van der Waals surface area contributed by atoms with E-state index in [1.807, 2.05) is 0 Å². The van der Waals surface area contributed by atoms with E-state index in [1.165, 1.54) is 6.20 Å². The summed E-state index contributed by atoms with van der Waals surface area (Å²) in [5.74, 6) is -0.270. The van der Waals surface area contributed by atoms with Gasteiger partial charge in [0.1, 0.15) is 6.04 Å². The Morgan fingerprint density at radius 1 is 1.39 bits per heavy atom. The molecule has 1 N–H and O–H groups in total. The molecule has 18 heavy (non-hydrogen) atoms. The Kier molecular flexibility index (Phi) is 3.92. The fourth-order valence-electron chi connectivity index (χ4n) is 2.05. The van der Waals surface area contributed by atoms with Gasteiger partial charge in [-0.3, -0.25) is 14.6 Å². The summed E-state index contributed by atoms with van der Waals surface area (Å²) in [6.07, 6.45) is 5.20. The SMILES string of the molecule is C[C@@H](NC(=O)c1cccnc1)C(=O)N1CCCC1. The number of nitrogens with zero attached hydrogens (tertiary/aromatic N) is 2. The first-order valence-corrected chi connectivity index (χ1v) is 6.18. The summed E-state index contributed by atoms with van der Waals surface area (Å²) in [5, 5.41) is 2.70. The van der Waals surface area contributed by atoms with Gasteiger partial charge in [-0.25, -0.2) is 0 Å². The van der Waals surface area contributed by atoms with Crippen LogP contribution in [0.15, 0.2) is 24.5 Å². The Morgan fingerprint density at radius 3 is 2.72 bits per heavy atom. The van der Waals surface area contributed by atoms with E-state index in [0.717, 1.165) is 25.9 Å². The molecule has 1 aromatic heterocycles. The highest BCUT2D eigenvalue weighted by atomic mass is 16.2. The van der Waals surface area contributed by atoms with Gasteiger partial charge in [0.25, 0.3) is 5.91 Å². The molecule has 2 heterocycles. The number of aromatic nitrogens is 1. The maximum absolute atomic E-state index is 12.0. The Labute approximate surface area is 106 Å². The molecular weight excluding hydrogens is 230 g/mol. The van der Waals surface area contributed by atoms with Crippen LogP contribution in [-0.4, -0.2) is 40.8 Å². The molecule has 5 heteroatoms. The largest absolute Gasteiger partial charge is 0.341 e. The maximum Gasteiger partial charge on any atom is 0.253 e. The van der Waals surface area contributed by atoms with E-state index in [4.69, 9.17) is 0 Å². The number of carbonyl (C=O) groups is 2. The van der Waals surface area contributed by atoms with Crippen molar-refractivity contribution < 1.29 is 9.59 Å². The van der Waals surface area contributed by atoms with Gasteiger partial charge >= 0.3 is 0 Å². The van der Waals surface area contributed by atoms with E-state index >= 15 is 0 Å². The van der Waals surface area contributed by atoms with Crippen LogP contribution in [0.4, 0.5) is 0 Å². The molecule has 2 amide bonds. The third-order valence-corrected chi connectivity index (χ3v) is 3.06. The quantitative estimate of drug-likeness (QED) is 0.860. The Bertz CT molecular complexity index is 427. The van der Waals surface area contributed by atoms with Crippen LogP contribution >= 0.6 is 0 Å². The van der Waals surface area contributed by atoms with Crippen molar-refractivity contribution in [3.05, 3.63) is 30.1 Å². The molecule has 96 valence electrons. The molecule has 0 aliphatic carbocycles. The Balaban J connectivity index is 1.92. The lowest BCUT2D eigenvalue weighted by atomic mass is 10.2. The lowest BCUT2D eigenvalue weighted by Crippen LogP contribution is -2.45. The Morgan fingerprint density at radius 2 is 2.11 bits per heavy atom. The molecule has 1 aliphatic heterocycles. The monoisotopic (exact) mass is 247 g/mol. The zero-order valence-corrected chi connectivity index (χ0v) is 10.4. The second kappa shape index (κ2) is 5.62. The molecule has 1 atom stereocenters. The van der Waals surface area contributed by atoms with Crippen molar-refractivity contribution in [3.63, 3.8) is 0 Å². The second-order valence-electron chi connectivity index (χ2n) is 4.47. The summed E-state index contributed by atoms with van der Waals surface area (Å²) < 4.78 is 0. The summed E-state index contributed by atoms with van der Waals surface area (Å²) in [4.78, 5) is 29.5. The Hall–Kier alpha value is -1.91. The predicted octanol–water partition coefficient (Wildman–Crippen LogP) is 0.822. The molecule has 0 saturated carbocycles. The highest BCUT2D eigenvalue weighted by Crippen LogP contribution is 2.09. The average Bonchev–Trinajstić information content (AvgIpc) is 2.92. The van der Waals surface area contributed by atoms with Crippen molar-refractivity contribution in [2.24, 2.45) is 0 Å². The molecule has 0 radical (unpaired) electrons. The smallest absolute Gasteiger partial charge is 0.253 e. The van der Waals surface area contributed by atoms with Crippen molar-refractivity contribution in [2.75, 3.05) is 13.1 Å². The minimum absolute atomic E-state index is 0.00950. The van der Waals surface area contributed by atoms with Crippen molar-refractivity contribution in [1.29, 1.82) is 0 Å². The third-order valence-electron chi connectivity index (χ3n) is 3.06. The van der Waals surface area contributed by atoms with Crippen LogP contribution in [0.3, 0.4) is 0 Å². The summed E-state index contributed by atoms with van der Waals surface area (Å²) in [5.41, 5.74) is 0.471. The van der Waals surface area contributed by atoms with E-state index < -0.39 is 6.04 Å². The first kappa shape index (κ1) is 12.5. The third kappa shape index (κ3) is 2.85. The zero-order chi connectivity index (χ0) is 13.0. The molecule has 1 saturated heterocycles. The number of hydrogen-bond donors (Lipinski definition) is 1. The fraction of sp³-hybridized carbons (Fsp3) is 0.462. The topological polar surface area (TPSA) is 62.3 Å². The normalized spacial score (nSPS) is 16.4. The summed E-state index contributed by atoms with van der Waals surface area (Å²) in [6, 6.07) is 2.88. The summed E-state index contributed by atoms with van der Waals surface area (Å²) in [6.45, 7) is 3.31. The molecule has 5 nitrogen and oxygen atoms in total. The van der Waals surface area contributed by atoms with Crippen LogP contribution in [-0.2, 0) is 4.79 Å². The molecule has 0 bridgehead atoms. The molecule has 1 aliphatic rings. The van der Waals surface area contributed by atoms with Gasteiger partial charge in [-0.05, 0) is 31.9 Å². The van der Waals surface area contributed by atoms with E-state index in [9.17, 15) is 9.59 Å². The maximum atomic E-state index is 12.0. The minimum Gasteiger partial charge on any atom is -0.341 e. The van der Waals surface area contributed by atoms with Crippen LogP contribution in [0.2, 0.25) is 0 Å². The van der Waals surface area contributed by atoms with E-state index in [2.05, 4.69) is 10.3 Å². The average molecular weight is 247 g/mol. The number of nitrogens with one attached hydrogen (secondary N) is 1. The van der Waals surface area contributed by atoms with Crippen LogP contribution < -0.4 is 5.32 Å². The molecule has 1 fully saturated rings. The molecule has 1 aromatic rings. The van der Waals surface area contributed by atoms with Gasteiger partial charge in [0.05, 0.1) is 5.56 Å². The zero-order valence-electron chi connectivity index (χ0n) is 10.4. The second-order valence-corrected chi connectivity index (χ2v) is 4.47. The van der Waals surface area contributed by atoms with Crippen molar-refractivity contribution >= 4 is 11.8 Å². The van der Waals surface area contributed by atoms with Gasteiger partial charge in [-0.1, -0.05) is 0 Å². The lowest BCUT2D eigenvalue weighted by Gasteiger charge is -2.21. The minimum atomic E-state index is -0.490. The lowest BCUT2D eigenvalue weighted by molar-refractivity contribution is -0.131. The number of amides is 2. The highest BCUT2D eigenvalue weighted by molar-refractivity contribution is 5.97. The first-order valence-electron chi connectivity index (χ1n) is 6.18. The van der Waals surface area contributed by atoms with Gasteiger partial charge in [0.15, 0.2) is 0 Å². The van der Waals surface area contributed by atoms with Crippen molar-refractivity contribution in [2.45, 2.75) is 25.8 Å². The van der Waals surface area contributed by atoms with E-state index in [1.54, 1.807) is 30.2 Å².